The predicted octanol–water partition coefficient (Wildman–Crippen LogP) is 1.09. The first kappa shape index (κ1) is 7.86. The van der Waals surface area contributed by atoms with Crippen LogP contribution < -0.4 is 10.7 Å². The molecule has 0 fully saturated rings. The van der Waals surface area contributed by atoms with Gasteiger partial charge in [-0.05, 0) is 18.6 Å². The fraction of sp³-hybridized carbons (Fsp3) is 0.100. The highest BCUT2D eigenvalue weighted by Crippen LogP contribution is 2.04. The predicted molar refractivity (Wildman–Crippen MR) is 48.9 cm³/mol. The Bertz CT molecular complexity index is 514. The number of carbonyl (C=O) groups is 1. The second-order valence-corrected chi connectivity index (χ2v) is 2.96. The van der Waals surface area contributed by atoms with Gasteiger partial charge in [-0.2, -0.15) is 9.98 Å². The molecule has 1 aliphatic rings. The molecule has 0 spiro atoms. The lowest BCUT2D eigenvalue weighted by Gasteiger charge is -1.96. The van der Waals surface area contributed by atoms with Gasteiger partial charge in [0.1, 0.15) is 5.36 Å². The summed E-state index contributed by atoms with van der Waals surface area (Å²) in [6.07, 6.45) is 0. The van der Waals surface area contributed by atoms with Crippen LogP contribution >= 0.6 is 0 Å². The van der Waals surface area contributed by atoms with Gasteiger partial charge >= 0.3 is 6.03 Å². The molecule has 0 atom stereocenters. The van der Waals surface area contributed by atoms with E-state index in [1.54, 1.807) is 6.07 Å². The zero-order valence-electron chi connectivity index (χ0n) is 7.24. The standard InChI is InChI=1S/C10H8N2O/c1-6(2)7-4-3-5-8-9(7)12-10(13)11-8/h3-5H,1H2,2H3. The Morgan fingerprint density at radius 3 is 2.85 bits per heavy atom. The van der Waals surface area contributed by atoms with Crippen molar-refractivity contribution >= 4 is 11.6 Å². The quantitative estimate of drug-likeness (QED) is 0.625. The first-order valence-corrected chi connectivity index (χ1v) is 3.95. The summed E-state index contributed by atoms with van der Waals surface area (Å²) < 4.78 is 0. The van der Waals surface area contributed by atoms with Gasteiger partial charge in [0.2, 0.25) is 0 Å². The molecule has 0 saturated carbocycles. The number of benzene rings is 1. The lowest BCUT2D eigenvalue weighted by Crippen LogP contribution is -2.24. The third-order valence-corrected chi connectivity index (χ3v) is 1.90. The molecule has 13 heavy (non-hydrogen) atoms. The lowest BCUT2D eigenvalue weighted by atomic mass is 10.1. The van der Waals surface area contributed by atoms with Crippen molar-refractivity contribution in [3.05, 3.63) is 41.1 Å². The number of carbonyl (C=O) groups excluding carboxylic acids is 1. The summed E-state index contributed by atoms with van der Waals surface area (Å²) >= 11 is 0. The maximum Gasteiger partial charge on any atom is 0.368 e. The Labute approximate surface area is 75.1 Å². The second-order valence-electron chi connectivity index (χ2n) is 2.96. The first-order chi connectivity index (χ1) is 6.18. The van der Waals surface area contributed by atoms with Crippen molar-refractivity contribution in [1.29, 1.82) is 0 Å². The topological polar surface area (TPSA) is 41.8 Å². The van der Waals surface area contributed by atoms with E-state index in [0.717, 1.165) is 11.1 Å². The molecule has 1 heterocycles. The van der Waals surface area contributed by atoms with Crippen molar-refractivity contribution in [2.75, 3.05) is 0 Å². The summed E-state index contributed by atoms with van der Waals surface area (Å²) in [5, 5.41) is 1.30. The molecule has 0 aliphatic carbocycles. The van der Waals surface area contributed by atoms with Crippen LogP contribution in [0.3, 0.4) is 0 Å². The van der Waals surface area contributed by atoms with Crippen molar-refractivity contribution in [3.63, 3.8) is 0 Å². The van der Waals surface area contributed by atoms with E-state index in [-0.39, 0.29) is 0 Å². The fourth-order valence-electron chi connectivity index (χ4n) is 1.31. The summed E-state index contributed by atoms with van der Waals surface area (Å²) in [6, 6.07) is 5.08. The number of hydrogen-bond donors (Lipinski definition) is 0. The molecule has 2 rings (SSSR count). The number of urea groups is 1. The number of fused-ring (bicyclic) bond motifs is 1. The number of amides is 2. The summed E-state index contributed by atoms with van der Waals surface area (Å²) in [6.45, 7) is 5.70. The van der Waals surface area contributed by atoms with Crippen LogP contribution in [0.15, 0.2) is 34.8 Å². The van der Waals surface area contributed by atoms with Crippen LogP contribution in [0.5, 0.6) is 0 Å². The second kappa shape index (κ2) is 2.62. The van der Waals surface area contributed by atoms with E-state index in [0.29, 0.717) is 10.7 Å². The molecule has 3 nitrogen and oxygen atoms in total. The van der Waals surface area contributed by atoms with Gasteiger partial charge in [0.25, 0.3) is 0 Å². The fourth-order valence-corrected chi connectivity index (χ4v) is 1.31. The molecule has 0 saturated heterocycles. The van der Waals surface area contributed by atoms with Crippen LogP contribution in [0.25, 0.3) is 5.57 Å². The Balaban J connectivity index is 2.88. The van der Waals surface area contributed by atoms with Crippen molar-refractivity contribution in [3.8, 4) is 0 Å². The molecule has 64 valence electrons. The zero-order chi connectivity index (χ0) is 9.42. The van der Waals surface area contributed by atoms with Crippen LogP contribution in [0.4, 0.5) is 4.79 Å². The molecule has 0 bridgehead atoms. The molecular weight excluding hydrogens is 164 g/mol. The maximum absolute atomic E-state index is 10.9. The van der Waals surface area contributed by atoms with Crippen LogP contribution in [-0.4, -0.2) is 6.03 Å². The van der Waals surface area contributed by atoms with E-state index >= 15 is 0 Å². The SMILES string of the molecule is C=C(C)c1cccc2c1=NC(=O)N=2. The average molecular weight is 172 g/mol. The van der Waals surface area contributed by atoms with E-state index < -0.39 is 6.03 Å². The minimum atomic E-state index is -0.427. The summed E-state index contributed by atoms with van der Waals surface area (Å²) in [7, 11) is 0. The Kier molecular flexibility index (Phi) is 1.59. The Hall–Kier alpha value is -1.77. The molecule has 0 unspecified atom stereocenters. The monoisotopic (exact) mass is 172 g/mol. The van der Waals surface area contributed by atoms with Crippen LogP contribution in [0, 0.1) is 0 Å². The minimum Gasteiger partial charge on any atom is -0.244 e. The summed E-state index contributed by atoms with van der Waals surface area (Å²) in [5.41, 5.74) is 1.79. The van der Waals surface area contributed by atoms with E-state index in [9.17, 15) is 4.79 Å². The minimum absolute atomic E-state index is 0.427. The molecule has 0 N–H and O–H groups in total. The molecular formula is C10H8N2O. The molecule has 2 amide bonds. The smallest absolute Gasteiger partial charge is 0.244 e. The Morgan fingerprint density at radius 1 is 1.38 bits per heavy atom. The van der Waals surface area contributed by atoms with E-state index in [2.05, 4.69) is 16.6 Å². The van der Waals surface area contributed by atoms with Crippen molar-refractivity contribution in [2.45, 2.75) is 6.92 Å². The van der Waals surface area contributed by atoms with Gasteiger partial charge in [-0.1, -0.05) is 18.7 Å². The largest absolute Gasteiger partial charge is 0.368 e. The van der Waals surface area contributed by atoms with Gasteiger partial charge in [0.05, 0.1) is 5.36 Å². The average Bonchev–Trinajstić information content (AvgIpc) is 2.43. The molecule has 1 aromatic carbocycles. The lowest BCUT2D eigenvalue weighted by molar-refractivity contribution is 0.256. The summed E-state index contributed by atoms with van der Waals surface area (Å²) in [4.78, 5) is 18.5. The molecule has 0 radical (unpaired) electrons. The zero-order valence-corrected chi connectivity index (χ0v) is 7.24. The first-order valence-electron chi connectivity index (χ1n) is 3.95. The molecule has 1 aromatic rings. The maximum atomic E-state index is 10.9. The number of para-hydroxylation sites is 1. The number of nitrogens with zero attached hydrogens (tertiary/aromatic N) is 2. The van der Waals surface area contributed by atoms with Gasteiger partial charge in [-0.15, -0.1) is 0 Å². The Morgan fingerprint density at radius 2 is 2.15 bits per heavy atom. The molecule has 3 heteroatoms. The van der Waals surface area contributed by atoms with Crippen molar-refractivity contribution in [1.82, 2.24) is 0 Å². The van der Waals surface area contributed by atoms with Crippen molar-refractivity contribution in [2.24, 2.45) is 9.98 Å². The van der Waals surface area contributed by atoms with Crippen LogP contribution in [-0.2, 0) is 0 Å². The summed E-state index contributed by atoms with van der Waals surface area (Å²) in [5.74, 6) is 0. The highest BCUT2D eigenvalue weighted by Gasteiger charge is 2.08. The van der Waals surface area contributed by atoms with Gasteiger partial charge in [-0.3, -0.25) is 0 Å². The van der Waals surface area contributed by atoms with Gasteiger partial charge in [0.15, 0.2) is 0 Å². The van der Waals surface area contributed by atoms with Crippen LogP contribution in [0.2, 0.25) is 0 Å². The number of hydrogen-bond acceptors (Lipinski definition) is 1. The highest BCUT2D eigenvalue weighted by atomic mass is 16.2. The van der Waals surface area contributed by atoms with E-state index in [4.69, 9.17) is 0 Å². The highest BCUT2D eigenvalue weighted by molar-refractivity contribution is 5.78. The van der Waals surface area contributed by atoms with Gasteiger partial charge < -0.3 is 0 Å². The van der Waals surface area contributed by atoms with Crippen LogP contribution in [0.1, 0.15) is 12.5 Å². The third kappa shape index (κ3) is 1.18. The molecule has 1 aliphatic heterocycles. The number of allylic oxidation sites excluding steroid dienone is 1. The van der Waals surface area contributed by atoms with Gasteiger partial charge in [-0.25, -0.2) is 4.79 Å². The van der Waals surface area contributed by atoms with Gasteiger partial charge in [0, 0.05) is 5.56 Å². The van der Waals surface area contributed by atoms with Crippen molar-refractivity contribution < 1.29 is 4.79 Å². The van der Waals surface area contributed by atoms with E-state index in [1.807, 2.05) is 19.1 Å². The normalized spacial score (nSPS) is 13.2. The number of rotatable bonds is 1. The molecule has 0 aromatic heterocycles. The van der Waals surface area contributed by atoms with E-state index in [1.165, 1.54) is 0 Å². The third-order valence-electron chi connectivity index (χ3n) is 1.90.